The van der Waals surface area contributed by atoms with Gasteiger partial charge in [0.05, 0.1) is 0 Å². The van der Waals surface area contributed by atoms with Crippen LogP contribution in [0.1, 0.15) is 31.0 Å². The van der Waals surface area contributed by atoms with E-state index in [-0.39, 0.29) is 6.04 Å². The summed E-state index contributed by atoms with van der Waals surface area (Å²) in [6.07, 6.45) is 2.10. The Hall–Kier alpha value is -0.670. The zero-order chi connectivity index (χ0) is 12.1. The largest absolute Gasteiger partial charge is 0.508 e. The van der Waals surface area contributed by atoms with Gasteiger partial charge in [0.1, 0.15) is 5.75 Å². The lowest BCUT2D eigenvalue weighted by molar-refractivity contribution is 0.443. The van der Waals surface area contributed by atoms with Crippen molar-refractivity contribution in [2.45, 2.75) is 32.9 Å². The normalized spacial score (nSPS) is 14.8. The van der Waals surface area contributed by atoms with Crippen molar-refractivity contribution in [1.82, 2.24) is 5.32 Å². The standard InChI is InChI=1S/C13H21NOS/c1-9-5-6-13(15)12(7-9)11(3)14-10(2)8-16-4/h5-7,10-11,14-15H,8H2,1-4H3. The van der Waals surface area contributed by atoms with E-state index in [9.17, 15) is 5.11 Å². The van der Waals surface area contributed by atoms with E-state index in [2.05, 4.69) is 25.4 Å². The molecule has 0 heterocycles. The average Bonchev–Trinajstić information content (AvgIpc) is 2.21. The summed E-state index contributed by atoms with van der Waals surface area (Å²) in [5.74, 6) is 1.46. The molecule has 0 fully saturated rings. The van der Waals surface area contributed by atoms with Gasteiger partial charge in [0, 0.05) is 23.4 Å². The van der Waals surface area contributed by atoms with E-state index in [1.165, 1.54) is 5.56 Å². The van der Waals surface area contributed by atoms with Crippen LogP contribution in [0.15, 0.2) is 18.2 Å². The molecule has 90 valence electrons. The van der Waals surface area contributed by atoms with Crippen LogP contribution in [0.3, 0.4) is 0 Å². The van der Waals surface area contributed by atoms with Crippen LogP contribution in [0.5, 0.6) is 5.75 Å². The summed E-state index contributed by atoms with van der Waals surface area (Å²) in [6.45, 7) is 6.30. The fourth-order valence-corrected chi connectivity index (χ4v) is 2.43. The zero-order valence-electron chi connectivity index (χ0n) is 10.4. The van der Waals surface area contributed by atoms with E-state index in [1.54, 1.807) is 6.07 Å². The number of phenols is 1. The van der Waals surface area contributed by atoms with Crippen molar-refractivity contribution in [3.05, 3.63) is 29.3 Å². The van der Waals surface area contributed by atoms with E-state index in [0.717, 1.165) is 11.3 Å². The predicted octanol–water partition coefficient (Wildman–Crippen LogP) is 3.10. The highest BCUT2D eigenvalue weighted by molar-refractivity contribution is 7.98. The Morgan fingerprint density at radius 3 is 2.69 bits per heavy atom. The third-order valence-corrected chi connectivity index (χ3v) is 3.43. The van der Waals surface area contributed by atoms with Gasteiger partial charge in [-0.2, -0.15) is 11.8 Å². The minimum absolute atomic E-state index is 0.182. The van der Waals surface area contributed by atoms with Gasteiger partial charge in [-0.15, -0.1) is 0 Å². The van der Waals surface area contributed by atoms with Gasteiger partial charge in [0.25, 0.3) is 0 Å². The first kappa shape index (κ1) is 13.4. The van der Waals surface area contributed by atoms with Crippen LogP contribution in [0.4, 0.5) is 0 Å². The van der Waals surface area contributed by atoms with Gasteiger partial charge >= 0.3 is 0 Å². The van der Waals surface area contributed by atoms with Crippen LogP contribution in [-0.2, 0) is 0 Å². The topological polar surface area (TPSA) is 32.3 Å². The van der Waals surface area contributed by atoms with Gasteiger partial charge in [0.15, 0.2) is 0 Å². The van der Waals surface area contributed by atoms with Gasteiger partial charge < -0.3 is 10.4 Å². The lowest BCUT2D eigenvalue weighted by Crippen LogP contribution is -2.30. The van der Waals surface area contributed by atoms with E-state index in [4.69, 9.17) is 0 Å². The summed E-state index contributed by atoms with van der Waals surface area (Å²) in [5, 5.41) is 13.3. The van der Waals surface area contributed by atoms with Crippen LogP contribution in [0, 0.1) is 6.92 Å². The van der Waals surface area contributed by atoms with Crippen LogP contribution in [0.2, 0.25) is 0 Å². The van der Waals surface area contributed by atoms with E-state index in [0.29, 0.717) is 11.8 Å². The maximum Gasteiger partial charge on any atom is 0.120 e. The lowest BCUT2D eigenvalue weighted by atomic mass is 10.0. The molecule has 0 radical (unpaired) electrons. The fraction of sp³-hybridized carbons (Fsp3) is 0.538. The van der Waals surface area contributed by atoms with Gasteiger partial charge in [0.2, 0.25) is 0 Å². The number of thioether (sulfide) groups is 1. The molecule has 0 bridgehead atoms. The number of aromatic hydroxyl groups is 1. The first-order valence-electron chi connectivity index (χ1n) is 5.59. The Bertz CT molecular complexity index is 341. The molecule has 0 aliphatic carbocycles. The quantitative estimate of drug-likeness (QED) is 0.828. The minimum atomic E-state index is 0.182. The van der Waals surface area contributed by atoms with Crippen molar-refractivity contribution < 1.29 is 5.11 Å². The van der Waals surface area contributed by atoms with Crippen LogP contribution < -0.4 is 5.32 Å². The number of aryl methyl sites for hydroxylation is 1. The molecule has 0 saturated heterocycles. The molecule has 2 atom stereocenters. The van der Waals surface area contributed by atoms with Gasteiger partial charge in [-0.3, -0.25) is 0 Å². The Morgan fingerprint density at radius 2 is 2.06 bits per heavy atom. The summed E-state index contributed by atoms with van der Waals surface area (Å²) in [4.78, 5) is 0. The summed E-state index contributed by atoms with van der Waals surface area (Å²) in [5.41, 5.74) is 2.16. The Balaban J connectivity index is 2.72. The number of benzene rings is 1. The molecule has 2 unspecified atom stereocenters. The number of phenolic OH excluding ortho intramolecular Hbond substituents is 1. The first-order chi connectivity index (χ1) is 7.54. The summed E-state index contributed by atoms with van der Waals surface area (Å²) < 4.78 is 0. The molecule has 0 aromatic heterocycles. The molecule has 3 heteroatoms. The van der Waals surface area contributed by atoms with Gasteiger partial charge in [-0.05, 0) is 33.1 Å². The summed E-state index contributed by atoms with van der Waals surface area (Å²) >= 11 is 1.83. The van der Waals surface area contributed by atoms with Crippen LogP contribution in [0.25, 0.3) is 0 Å². The van der Waals surface area contributed by atoms with E-state index in [1.807, 2.05) is 30.8 Å². The molecule has 0 aliphatic heterocycles. The number of rotatable bonds is 5. The molecule has 2 nitrogen and oxygen atoms in total. The molecule has 1 aromatic carbocycles. The van der Waals surface area contributed by atoms with Crippen molar-refractivity contribution in [3.8, 4) is 5.75 Å². The Labute approximate surface area is 102 Å². The predicted molar refractivity (Wildman–Crippen MR) is 72.2 cm³/mol. The molecule has 0 spiro atoms. The molecular weight excluding hydrogens is 218 g/mol. The van der Waals surface area contributed by atoms with Gasteiger partial charge in [-0.25, -0.2) is 0 Å². The van der Waals surface area contributed by atoms with Crippen molar-refractivity contribution in [2.24, 2.45) is 0 Å². The smallest absolute Gasteiger partial charge is 0.120 e. The number of nitrogens with one attached hydrogen (secondary N) is 1. The molecule has 16 heavy (non-hydrogen) atoms. The SMILES string of the molecule is CSCC(C)NC(C)c1cc(C)ccc1O. The summed E-state index contributed by atoms with van der Waals surface area (Å²) in [6, 6.07) is 6.37. The number of hydrogen-bond donors (Lipinski definition) is 2. The average molecular weight is 239 g/mol. The highest BCUT2D eigenvalue weighted by atomic mass is 32.2. The second-order valence-electron chi connectivity index (χ2n) is 4.31. The molecule has 0 saturated carbocycles. The maximum absolute atomic E-state index is 9.80. The molecule has 0 aliphatic rings. The second kappa shape index (κ2) is 6.16. The highest BCUT2D eigenvalue weighted by Crippen LogP contribution is 2.25. The van der Waals surface area contributed by atoms with E-state index < -0.39 is 0 Å². The van der Waals surface area contributed by atoms with Gasteiger partial charge in [-0.1, -0.05) is 17.7 Å². The molecule has 1 rings (SSSR count). The summed E-state index contributed by atoms with van der Waals surface area (Å²) in [7, 11) is 0. The second-order valence-corrected chi connectivity index (χ2v) is 5.22. The van der Waals surface area contributed by atoms with Crippen molar-refractivity contribution in [1.29, 1.82) is 0 Å². The third kappa shape index (κ3) is 3.72. The van der Waals surface area contributed by atoms with Crippen molar-refractivity contribution in [3.63, 3.8) is 0 Å². The molecule has 0 amide bonds. The molecule has 2 N–H and O–H groups in total. The zero-order valence-corrected chi connectivity index (χ0v) is 11.3. The first-order valence-corrected chi connectivity index (χ1v) is 6.98. The fourth-order valence-electron chi connectivity index (χ4n) is 1.84. The Morgan fingerprint density at radius 1 is 1.38 bits per heavy atom. The highest BCUT2D eigenvalue weighted by Gasteiger charge is 2.12. The van der Waals surface area contributed by atoms with E-state index >= 15 is 0 Å². The molecule has 1 aromatic rings. The third-order valence-electron chi connectivity index (χ3n) is 2.60. The van der Waals surface area contributed by atoms with Crippen molar-refractivity contribution >= 4 is 11.8 Å². The minimum Gasteiger partial charge on any atom is -0.508 e. The maximum atomic E-state index is 9.80. The number of hydrogen-bond acceptors (Lipinski definition) is 3. The van der Waals surface area contributed by atoms with Crippen molar-refractivity contribution in [2.75, 3.05) is 12.0 Å². The monoisotopic (exact) mass is 239 g/mol. The lowest BCUT2D eigenvalue weighted by Gasteiger charge is -2.20. The Kier molecular flexibility index (Phi) is 5.16. The van der Waals surface area contributed by atoms with Crippen LogP contribution >= 0.6 is 11.8 Å². The van der Waals surface area contributed by atoms with Crippen LogP contribution in [-0.4, -0.2) is 23.2 Å². The molecular formula is C13H21NOS.